The van der Waals surface area contributed by atoms with Crippen molar-refractivity contribution >= 4 is 17.8 Å². The second-order valence-corrected chi connectivity index (χ2v) is 8.10. The Kier molecular flexibility index (Phi) is 6.32. The Morgan fingerprint density at radius 3 is 2.00 bits per heavy atom. The molecule has 1 spiro atoms. The molecule has 1 aliphatic carbocycles. The molecule has 0 unspecified atom stereocenters. The van der Waals surface area contributed by atoms with E-state index < -0.39 is 47.0 Å². The Balaban J connectivity index is 1.86. The summed E-state index contributed by atoms with van der Waals surface area (Å²) in [6.07, 6.45) is 5.04. The SMILES string of the molecule is C=CCn1c(=O)n(CC=C)c(=O)n(CC(=O)NN2C(=O)NC3(CCC(C)CC3)C2=O)c1=O. The standard InChI is InChI=1S/C20H26N6O6/c1-4-10-23-17(30)24(11-5-2)19(32)25(18(23)31)12-14(27)22-26-15(28)20(21-16(26)29)8-6-13(3)7-9-20/h4-5,13H,1-2,6-12H2,3H3,(H,21,29)(H,22,27). The number of rotatable bonds is 7. The maximum absolute atomic E-state index is 12.9. The summed E-state index contributed by atoms with van der Waals surface area (Å²) in [5.74, 6) is -1.08. The molecular weight excluding hydrogens is 420 g/mol. The lowest BCUT2D eigenvalue weighted by Crippen LogP contribution is -2.57. The molecular formula is C20H26N6O6. The van der Waals surface area contributed by atoms with E-state index in [1.54, 1.807) is 0 Å². The molecule has 12 heteroatoms. The third-order valence-electron chi connectivity index (χ3n) is 5.84. The summed E-state index contributed by atoms with van der Waals surface area (Å²) in [6.45, 7) is 7.87. The Labute approximate surface area is 182 Å². The molecule has 2 N–H and O–H groups in total. The summed E-state index contributed by atoms with van der Waals surface area (Å²) in [5.41, 5.74) is -1.76. The van der Waals surface area contributed by atoms with Gasteiger partial charge in [0.05, 0.1) is 13.1 Å². The van der Waals surface area contributed by atoms with Crippen molar-refractivity contribution in [3.05, 3.63) is 56.8 Å². The third kappa shape index (κ3) is 3.95. The summed E-state index contributed by atoms with van der Waals surface area (Å²) < 4.78 is 2.05. The molecule has 0 radical (unpaired) electrons. The Bertz CT molecular complexity index is 1100. The van der Waals surface area contributed by atoms with Crippen LogP contribution in [0.4, 0.5) is 4.79 Å². The second kappa shape index (κ2) is 8.81. The average molecular weight is 446 g/mol. The number of hydrogen-bond donors (Lipinski definition) is 2. The highest BCUT2D eigenvalue weighted by Crippen LogP contribution is 2.35. The summed E-state index contributed by atoms with van der Waals surface area (Å²) in [5, 5.41) is 3.25. The molecule has 32 heavy (non-hydrogen) atoms. The molecule has 172 valence electrons. The van der Waals surface area contributed by atoms with Crippen molar-refractivity contribution in [3.63, 3.8) is 0 Å². The molecule has 2 heterocycles. The third-order valence-corrected chi connectivity index (χ3v) is 5.84. The van der Waals surface area contributed by atoms with Crippen LogP contribution in [0.25, 0.3) is 0 Å². The maximum atomic E-state index is 12.9. The van der Waals surface area contributed by atoms with Gasteiger partial charge in [-0.1, -0.05) is 19.1 Å². The van der Waals surface area contributed by atoms with Crippen molar-refractivity contribution in [1.29, 1.82) is 0 Å². The minimum Gasteiger partial charge on any atom is -0.322 e. The predicted octanol–water partition coefficient (Wildman–Crippen LogP) is -0.924. The van der Waals surface area contributed by atoms with Crippen molar-refractivity contribution in [1.82, 2.24) is 29.5 Å². The lowest BCUT2D eigenvalue weighted by Gasteiger charge is -2.33. The monoisotopic (exact) mass is 446 g/mol. The Morgan fingerprint density at radius 2 is 1.50 bits per heavy atom. The van der Waals surface area contributed by atoms with Crippen LogP contribution < -0.4 is 27.8 Å². The van der Waals surface area contributed by atoms with Gasteiger partial charge in [0.2, 0.25) is 0 Å². The van der Waals surface area contributed by atoms with Gasteiger partial charge in [0.25, 0.3) is 11.8 Å². The molecule has 2 aliphatic rings. The van der Waals surface area contributed by atoms with Crippen molar-refractivity contribution in [2.24, 2.45) is 5.92 Å². The molecule has 1 aromatic heterocycles. The average Bonchev–Trinajstić information content (AvgIpc) is 2.98. The van der Waals surface area contributed by atoms with Gasteiger partial charge in [-0.2, -0.15) is 5.01 Å². The molecule has 0 atom stereocenters. The summed E-state index contributed by atoms with van der Waals surface area (Å²) in [6, 6.07) is -0.772. The van der Waals surface area contributed by atoms with E-state index in [0.29, 0.717) is 28.3 Å². The summed E-state index contributed by atoms with van der Waals surface area (Å²) >= 11 is 0. The van der Waals surface area contributed by atoms with E-state index in [0.717, 1.165) is 22.0 Å². The Morgan fingerprint density at radius 1 is 1.00 bits per heavy atom. The number of hydrazine groups is 1. The van der Waals surface area contributed by atoms with Crippen molar-refractivity contribution in [2.75, 3.05) is 0 Å². The lowest BCUT2D eigenvalue weighted by atomic mass is 9.77. The van der Waals surface area contributed by atoms with Crippen LogP contribution in [-0.4, -0.2) is 42.1 Å². The molecule has 1 aromatic rings. The van der Waals surface area contributed by atoms with Crippen LogP contribution in [0.2, 0.25) is 0 Å². The topological polar surface area (TPSA) is 145 Å². The highest BCUT2D eigenvalue weighted by Gasteiger charge is 2.52. The van der Waals surface area contributed by atoms with E-state index in [-0.39, 0.29) is 13.1 Å². The van der Waals surface area contributed by atoms with Crippen LogP contribution in [-0.2, 0) is 29.2 Å². The van der Waals surface area contributed by atoms with Gasteiger partial charge < -0.3 is 5.32 Å². The van der Waals surface area contributed by atoms with Crippen LogP contribution in [0.15, 0.2) is 39.7 Å². The van der Waals surface area contributed by atoms with Crippen molar-refractivity contribution < 1.29 is 14.4 Å². The van der Waals surface area contributed by atoms with Gasteiger partial charge in [-0.25, -0.2) is 32.9 Å². The normalized spacial score (nSPS) is 22.7. The van der Waals surface area contributed by atoms with Crippen LogP contribution in [0, 0.1) is 5.92 Å². The van der Waals surface area contributed by atoms with E-state index in [9.17, 15) is 28.8 Å². The number of hydrogen-bond acceptors (Lipinski definition) is 6. The van der Waals surface area contributed by atoms with Crippen LogP contribution in [0.1, 0.15) is 32.6 Å². The molecule has 0 bridgehead atoms. The Hall–Kier alpha value is -3.70. The minimum absolute atomic E-state index is 0.176. The number of carbonyl (C=O) groups excluding carboxylic acids is 3. The number of allylic oxidation sites excluding steroid dienone is 2. The fraction of sp³-hybridized carbons (Fsp3) is 0.500. The number of nitrogens with one attached hydrogen (secondary N) is 2. The highest BCUT2D eigenvalue weighted by molar-refractivity contribution is 6.08. The van der Waals surface area contributed by atoms with Crippen LogP contribution >= 0.6 is 0 Å². The number of aromatic nitrogens is 3. The molecule has 1 aliphatic heterocycles. The predicted molar refractivity (Wildman–Crippen MR) is 113 cm³/mol. The first-order valence-corrected chi connectivity index (χ1v) is 10.3. The first kappa shape index (κ1) is 23.0. The van der Waals surface area contributed by atoms with E-state index in [1.165, 1.54) is 12.2 Å². The van der Waals surface area contributed by atoms with Gasteiger partial charge in [-0.3, -0.25) is 15.0 Å². The number of imide groups is 1. The van der Waals surface area contributed by atoms with Crippen molar-refractivity contribution in [2.45, 2.75) is 57.8 Å². The van der Waals surface area contributed by atoms with Crippen LogP contribution in [0.3, 0.4) is 0 Å². The zero-order valence-electron chi connectivity index (χ0n) is 17.8. The number of nitrogens with zero attached hydrogens (tertiary/aromatic N) is 4. The molecule has 2 fully saturated rings. The van der Waals surface area contributed by atoms with Gasteiger partial charge in [0.15, 0.2) is 0 Å². The molecule has 3 rings (SSSR count). The minimum atomic E-state index is -1.05. The summed E-state index contributed by atoms with van der Waals surface area (Å²) in [7, 11) is 0. The molecule has 4 amide bonds. The van der Waals surface area contributed by atoms with Gasteiger partial charge in [0, 0.05) is 0 Å². The largest absolute Gasteiger partial charge is 0.344 e. The van der Waals surface area contributed by atoms with E-state index >= 15 is 0 Å². The van der Waals surface area contributed by atoms with E-state index in [2.05, 4.69) is 30.8 Å². The van der Waals surface area contributed by atoms with Crippen LogP contribution in [0.5, 0.6) is 0 Å². The molecule has 1 saturated carbocycles. The fourth-order valence-electron chi connectivity index (χ4n) is 4.01. The van der Waals surface area contributed by atoms with Gasteiger partial charge in [0.1, 0.15) is 12.1 Å². The van der Waals surface area contributed by atoms with Gasteiger partial charge >= 0.3 is 23.1 Å². The number of amides is 4. The first-order chi connectivity index (χ1) is 15.1. The van der Waals surface area contributed by atoms with E-state index in [4.69, 9.17) is 0 Å². The van der Waals surface area contributed by atoms with E-state index in [1.807, 2.05) is 0 Å². The lowest BCUT2D eigenvalue weighted by molar-refractivity contribution is -0.140. The molecule has 12 nitrogen and oxygen atoms in total. The fourth-order valence-corrected chi connectivity index (χ4v) is 4.01. The number of carbonyl (C=O) groups is 3. The second-order valence-electron chi connectivity index (χ2n) is 8.10. The zero-order chi connectivity index (χ0) is 23.6. The smallest absolute Gasteiger partial charge is 0.322 e. The quantitative estimate of drug-likeness (QED) is 0.409. The van der Waals surface area contributed by atoms with Gasteiger partial charge in [-0.05, 0) is 31.6 Å². The number of urea groups is 1. The van der Waals surface area contributed by atoms with Gasteiger partial charge in [-0.15, -0.1) is 13.2 Å². The molecule has 0 aromatic carbocycles. The van der Waals surface area contributed by atoms with Crippen molar-refractivity contribution in [3.8, 4) is 0 Å². The first-order valence-electron chi connectivity index (χ1n) is 10.3. The zero-order valence-corrected chi connectivity index (χ0v) is 17.8. The summed E-state index contributed by atoms with van der Waals surface area (Å²) in [4.78, 5) is 75.5. The molecule has 1 saturated heterocycles. The maximum Gasteiger partial charge on any atom is 0.344 e. The highest BCUT2D eigenvalue weighted by atomic mass is 16.2.